The van der Waals surface area contributed by atoms with Crippen LogP contribution < -0.4 is 10.5 Å². The molecule has 0 saturated heterocycles. The minimum Gasteiger partial charge on any atom is -0.496 e. The highest BCUT2D eigenvalue weighted by Crippen LogP contribution is 2.25. The molecular formula is C17H19NO2. The molecule has 0 saturated carbocycles. The van der Waals surface area contributed by atoms with E-state index >= 15 is 0 Å². The maximum Gasteiger partial charge on any atom is 0.196 e. The first-order valence-corrected chi connectivity index (χ1v) is 6.61. The van der Waals surface area contributed by atoms with Crippen LogP contribution in [0.2, 0.25) is 0 Å². The van der Waals surface area contributed by atoms with Gasteiger partial charge in [-0.25, -0.2) is 0 Å². The number of ketones is 1. The Morgan fingerprint density at radius 1 is 1.10 bits per heavy atom. The largest absolute Gasteiger partial charge is 0.496 e. The number of nitrogens with two attached hydrogens (primary N) is 1. The number of rotatable bonds is 4. The summed E-state index contributed by atoms with van der Waals surface area (Å²) in [7, 11) is 1.54. The molecule has 2 aromatic carbocycles. The molecule has 3 heteroatoms. The van der Waals surface area contributed by atoms with Gasteiger partial charge in [-0.1, -0.05) is 38.1 Å². The minimum absolute atomic E-state index is 0.0582. The molecule has 0 spiro atoms. The summed E-state index contributed by atoms with van der Waals surface area (Å²) in [5.74, 6) is 0.894. The maximum atomic E-state index is 12.5. The number of benzene rings is 2. The van der Waals surface area contributed by atoms with Gasteiger partial charge in [0.25, 0.3) is 0 Å². The van der Waals surface area contributed by atoms with E-state index in [1.807, 2.05) is 24.3 Å². The lowest BCUT2D eigenvalue weighted by Crippen LogP contribution is -2.05. The van der Waals surface area contributed by atoms with Crippen LogP contribution in [-0.2, 0) is 0 Å². The van der Waals surface area contributed by atoms with Crippen LogP contribution in [0.3, 0.4) is 0 Å². The fourth-order valence-corrected chi connectivity index (χ4v) is 2.07. The first kappa shape index (κ1) is 14.1. The SMILES string of the molecule is COc1cc(N)ccc1C(=O)c1ccc(C(C)C)cc1. The lowest BCUT2D eigenvalue weighted by atomic mass is 9.97. The lowest BCUT2D eigenvalue weighted by molar-refractivity contribution is 0.103. The number of anilines is 1. The Balaban J connectivity index is 2.36. The van der Waals surface area contributed by atoms with Crippen molar-refractivity contribution in [3.8, 4) is 5.75 Å². The van der Waals surface area contributed by atoms with Gasteiger partial charge in [-0.3, -0.25) is 4.79 Å². The van der Waals surface area contributed by atoms with Crippen molar-refractivity contribution in [3.05, 3.63) is 59.2 Å². The van der Waals surface area contributed by atoms with Crippen LogP contribution in [-0.4, -0.2) is 12.9 Å². The predicted octanol–water partition coefficient (Wildman–Crippen LogP) is 3.63. The molecule has 0 heterocycles. The Hall–Kier alpha value is -2.29. The van der Waals surface area contributed by atoms with Crippen molar-refractivity contribution in [2.24, 2.45) is 0 Å². The number of ether oxygens (including phenoxy) is 1. The van der Waals surface area contributed by atoms with Crippen molar-refractivity contribution in [2.75, 3.05) is 12.8 Å². The Morgan fingerprint density at radius 3 is 2.30 bits per heavy atom. The quantitative estimate of drug-likeness (QED) is 0.681. The molecule has 0 bridgehead atoms. The summed E-state index contributed by atoms with van der Waals surface area (Å²) in [4.78, 5) is 12.5. The van der Waals surface area contributed by atoms with Crippen molar-refractivity contribution >= 4 is 11.5 Å². The molecule has 104 valence electrons. The topological polar surface area (TPSA) is 52.3 Å². The average molecular weight is 269 g/mol. The fraction of sp³-hybridized carbons (Fsp3) is 0.235. The Labute approximate surface area is 119 Å². The molecule has 2 rings (SSSR count). The first-order chi connectivity index (χ1) is 9.52. The van der Waals surface area contributed by atoms with Crippen LogP contribution in [0.5, 0.6) is 5.75 Å². The molecule has 0 aliphatic carbocycles. The van der Waals surface area contributed by atoms with Crippen LogP contribution in [0.4, 0.5) is 5.69 Å². The molecule has 0 radical (unpaired) electrons. The number of hydrogen-bond donors (Lipinski definition) is 1. The second-order valence-electron chi connectivity index (χ2n) is 5.07. The fourth-order valence-electron chi connectivity index (χ4n) is 2.07. The number of methoxy groups -OCH3 is 1. The standard InChI is InChI=1S/C17H19NO2/c1-11(2)12-4-6-13(7-5-12)17(19)15-9-8-14(18)10-16(15)20-3/h4-11H,18H2,1-3H3. The van der Waals surface area contributed by atoms with Crippen LogP contribution >= 0.6 is 0 Å². The number of carbonyl (C=O) groups is 1. The average Bonchev–Trinajstić information content (AvgIpc) is 2.46. The van der Waals surface area contributed by atoms with Crippen molar-refractivity contribution in [3.63, 3.8) is 0 Å². The molecule has 0 fully saturated rings. The van der Waals surface area contributed by atoms with E-state index in [0.29, 0.717) is 28.5 Å². The zero-order valence-electron chi connectivity index (χ0n) is 12.0. The van der Waals surface area contributed by atoms with Gasteiger partial charge in [0.05, 0.1) is 12.7 Å². The summed E-state index contributed by atoms with van der Waals surface area (Å²) in [5.41, 5.74) is 8.67. The van der Waals surface area contributed by atoms with Crippen molar-refractivity contribution in [1.82, 2.24) is 0 Å². The van der Waals surface area contributed by atoms with Gasteiger partial charge in [0.15, 0.2) is 5.78 Å². The number of carbonyl (C=O) groups excluding carboxylic acids is 1. The minimum atomic E-state index is -0.0582. The molecule has 20 heavy (non-hydrogen) atoms. The van der Waals surface area contributed by atoms with Gasteiger partial charge in [-0.05, 0) is 23.6 Å². The summed E-state index contributed by atoms with van der Waals surface area (Å²) >= 11 is 0. The summed E-state index contributed by atoms with van der Waals surface area (Å²) in [5, 5.41) is 0. The Morgan fingerprint density at radius 2 is 1.75 bits per heavy atom. The highest BCUT2D eigenvalue weighted by Gasteiger charge is 2.14. The van der Waals surface area contributed by atoms with Gasteiger partial charge in [0, 0.05) is 17.3 Å². The van der Waals surface area contributed by atoms with E-state index < -0.39 is 0 Å². The molecule has 0 atom stereocenters. The molecule has 0 aromatic heterocycles. The molecule has 2 N–H and O–H groups in total. The second-order valence-corrected chi connectivity index (χ2v) is 5.07. The van der Waals surface area contributed by atoms with Crippen LogP contribution in [0.25, 0.3) is 0 Å². The third-order valence-corrected chi connectivity index (χ3v) is 3.31. The van der Waals surface area contributed by atoms with Crippen LogP contribution in [0.15, 0.2) is 42.5 Å². The number of nitrogen functional groups attached to an aromatic ring is 1. The smallest absolute Gasteiger partial charge is 0.196 e. The third-order valence-electron chi connectivity index (χ3n) is 3.31. The normalized spacial score (nSPS) is 10.6. The predicted molar refractivity (Wildman–Crippen MR) is 81.4 cm³/mol. The van der Waals surface area contributed by atoms with Gasteiger partial charge in [0.2, 0.25) is 0 Å². The van der Waals surface area contributed by atoms with Gasteiger partial charge in [0.1, 0.15) is 5.75 Å². The van der Waals surface area contributed by atoms with Crippen molar-refractivity contribution in [1.29, 1.82) is 0 Å². The van der Waals surface area contributed by atoms with E-state index in [1.54, 1.807) is 18.2 Å². The lowest BCUT2D eigenvalue weighted by Gasteiger charge is -2.10. The van der Waals surface area contributed by atoms with Gasteiger partial charge < -0.3 is 10.5 Å². The third kappa shape index (κ3) is 2.82. The summed E-state index contributed by atoms with van der Waals surface area (Å²) in [6.07, 6.45) is 0. The van der Waals surface area contributed by atoms with Gasteiger partial charge >= 0.3 is 0 Å². The summed E-state index contributed by atoms with van der Waals surface area (Å²) < 4.78 is 5.23. The van der Waals surface area contributed by atoms with Crippen LogP contribution in [0.1, 0.15) is 41.3 Å². The zero-order valence-corrected chi connectivity index (χ0v) is 12.0. The van der Waals surface area contributed by atoms with E-state index in [9.17, 15) is 4.79 Å². The molecule has 2 aromatic rings. The van der Waals surface area contributed by atoms with Crippen molar-refractivity contribution < 1.29 is 9.53 Å². The van der Waals surface area contributed by atoms with E-state index in [0.717, 1.165) is 0 Å². The van der Waals surface area contributed by atoms with E-state index in [2.05, 4.69) is 13.8 Å². The summed E-state index contributed by atoms with van der Waals surface area (Å²) in [6.45, 7) is 4.25. The Bertz CT molecular complexity index is 615. The molecule has 0 amide bonds. The van der Waals surface area contributed by atoms with E-state index in [4.69, 9.17) is 10.5 Å². The first-order valence-electron chi connectivity index (χ1n) is 6.61. The maximum absolute atomic E-state index is 12.5. The van der Waals surface area contributed by atoms with Gasteiger partial charge in [-0.2, -0.15) is 0 Å². The highest BCUT2D eigenvalue weighted by molar-refractivity contribution is 6.10. The van der Waals surface area contributed by atoms with Crippen LogP contribution in [0, 0.1) is 0 Å². The Kier molecular flexibility index (Phi) is 4.08. The molecule has 0 aliphatic rings. The van der Waals surface area contributed by atoms with E-state index in [1.165, 1.54) is 12.7 Å². The molecular weight excluding hydrogens is 250 g/mol. The van der Waals surface area contributed by atoms with E-state index in [-0.39, 0.29) is 5.78 Å². The zero-order chi connectivity index (χ0) is 14.7. The molecule has 0 unspecified atom stereocenters. The molecule has 3 nitrogen and oxygen atoms in total. The highest BCUT2D eigenvalue weighted by atomic mass is 16.5. The summed E-state index contributed by atoms with van der Waals surface area (Å²) in [6, 6.07) is 12.8. The number of hydrogen-bond acceptors (Lipinski definition) is 3. The van der Waals surface area contributed by atoms with Crippen molar-refractivity contribution in [2.45, 2.75) is 19.8 Å². The second kappa shape index (κ2) is 5.78. The van der Waals surface area contributed by atoms with Gasteiger partial charge in [-0.15, -0.1) is 0 Å². The molecule has 0 aliphatic heterocycles. The monoisotopic (exact) mass is 269 g/mol.